The number of hydrogen-bond acceptors (Lipinski definition) is 5. The first-order valence-electron chi connectivity index (χ1n) is 7.96. The number of pyridine rings is 1. The van der Waals surface area contributed by atoms with Gasteiger partial charge in [0.25, 0.3) is 5.91 Å². The molecule has 0 spiro atoms. The molecule has 1 amide bonds. The lowest BCUT2D eigenvalue weighted by atomic mass is 10.2. The van der Waals surface area contributed by atoms with Gasteiger partial charge in [-0.05, 0) is 49.7 Å². The maximum atomic E-state index is 11.8. The van der Waals surface area contributed by atoms with Gasteiger partial charge in [0, 0.05) is 23.3 Å². The number of anilines is 1. The lowest BCUT2D eigenvalue weighted by Gasteiger charge is -2.07. The van der Waals surface area contributed by atoms with Crippen LogP contribution in [0.4, 0.5) is 5.69 Å². The van der Waals surface area contributed by atoms with Crippen molar-refractivity contribution in [3.63, 3.8) is 0 Å². The van der Waals surface area contributed by atoms with Gasteiger partial charge in [0.15, 0.2) is 0 Å². The van der Waals surface area contributed by atoms with Gasteiger partial charge >= 0.3 is 0 Å². The Bertz CT molecular complexity index is 804. The first kappa shape index (κ1) is 19.3. The van der Waals surface area contributed by atoms with Crippen LogP contribution in [0.5, 0.6) is 0 Å². The molecule has 1 aromatic heterocycles. The predicted octanol–water partition coefficient (Wildman–Crippen LogP) is 3.13. The van der Waals surface area contributed by atoms with Gasteiger partial charge in [-0.3, -0.25) is 9.52 Å². The quantitative estimate of drug-likeness (QED) is 0.736. The maximum Gasteiger partial charge on any atom is 0.252 e. The Labute approximate surface area is 152 Å². The van der Waals surface area contributed by atoms with E-state index < -0.39 is 10.0 Å². The molecule has 0 aliphatic carbocycles. The molecule has 2 rings (SSSR count). The van der Waals surface area contributed by atoms with Gasteiger partial charge in [0.1, 0.15) is 5.03 Å². The molecule has 2 N–H and O–H groups in total. The molecule has 0 atom stereocenters. The first-order chi connectivity index (χ1) is 11.9. The highest BCUT2D eigenvalue weighted by molar-refractivity contribution is 7.99. The molecule has 0 radical (unpaired) electrons. The van der Waals surface area contributed by atoms with Crippen LogP contribution in [-0.4, -0.2) is 31.6 Å². The van der Waals surface area contributed by atoms with E-state index in [2.05, 4.69) is 15.0 Å². The number of rotatable bonds is 8. The fraction of sp³-hybridized carbons (Fsp3) is 0.294. The molecule has 134 valence electrons. The van der Waals surface area contributed by atoms with Crippen LogP contribution in [0.1, 0.15) is 30.6 Å². The van der Waals surface area contributed by atoms with Crippen molar-refractivity contribution in [1.82, 2.24) is 10.3 Å². The molecule has 2 aromatic rings. The van der Waals surface area contributed by atoms with E-state index in [1.54, 1.807) is 37.4 Å². The zero-order valence-electron chi connectivity index (χ0n) is 14.2. The zero-order chi connectivity index (χ0) is 18.3. The topological polar surface area (TPSA) is 88.2 Å². The molecular formula is C17H21N3O3S2. The van der Waals surface area contributed by atoms with Gasteiger partial charge in [-0.25, -0.2) is 13.4 Å². The molecule has 0 saturated heterocycles. The van der Waals surface area contributed by atoms with Crippen LogP contribution < -0.4 is 10.0 Å². The van der Waals surface area contributed by atoms with Crippen LogP contribution in [0, 0.1) is 0 Å². The minimum absolute atomic E-state index is 0.0333. The Hall–Kier alpha value is -2.06. The Kier molecular flexibility index (Phi) is 6.83. The molecule has 0 fully saturated rings. The van der Waals surface area contributed by atoms with Gasteiger partial charge in [-0.15, -0.1) is 0 Å². The van der Waals surface area contributed by atoms with Gasteiger partial charge < -0.3 is 5.32 Å². The molecule has 0 aliphatic heterocycles. The summed E-state index contributed by atoms with van der Waals surface area (Å²) in [5, 5.41) is 3.56. The lowest BCUT2D eigenvalue weighted by Crippen LogP contribution is -2.23. The van der Waals surface area contributed by atoms with E-state index >= 15 is 0 Å². The summed E-state index contributed by atoms with van der Waals surface area (Å²) < 4.78 is 25.6. The summed E-state index contributed by atoms with van der Waals surface area (Å²) in [5.41, 5.74) is 1.06. The van der Waals surface area contributed by atoms with E-state index in [9.17, 15) is 13.2 Å². The summed E-state index contributed by atoms with van der Waals surface area (Å²) in [6.45, 7) is 4.23. The molecule has 6 nitrogen and oxygen atoms in total. The van der Waals surface area contributed by atoms with E-state index in [0.717, 1.165) is 16.3 Å². The SMILES string of the molecule is CCCNC(=O)c1ccc(Sc2ccc(NS(=O)(=O)CC)cc2)nc1. The summed E-state index contributed by atoms with van der Waals surface area (Å²) in [4.78, 5) is 17.1. The van der Waals surface area contributed by atoms with Crippen molar-refractivity contribution >= 4 is 33.4 Å². The lowest BCUT2D eigenvalue weighted by molar-refractivity contribution is 0.0953. The number of sulfonamides is 1. The zero-order valence-corrected chi connectivity index (χ0v) is 15.8. The predicted molar refractivity (Wildman–Crippen MR) is 101 cm³/mol. The largest absolute Gasteiger partial charge is 0.352 e. The average molecular weight is 380 g/mol. The van der Waals surface area contributed by atoms with Crippen molar-refractivity contribution < 1.29 is 13.2 Å². The van der Waals surface area contributed by atoms with Crippen molar-refractivity contribution in [3.8, 4) is 0 Å². The normalized spacial score (nSPS) is 11.1. The molecule has 1 heterocycles. The fourth-order valence-electron chi connectivity index (χ4n) is 1.88. The fourth-order valence-corrected chi connectivity index (χ4v) is 3.27. The number of carbonyl (C=O) groups is 1. The van der Waals surface area contributed by atoms with Gasteiger partial charge in [0.05, 0.1) is 11.3 Å². The van der Waals surface area contributed by atoms with Crippen molar-refractivity contribution in [3.05, 3.63) is 48.2 Å². The third kappa shape index (κ3) is 6.06. The van der Waals surface area contributed by atoms with Crippen molar-refractivity contribution in [2.45, 2.75) is 30.2 Å². The average Bonchev–Trinajstić information content (AvgIpc) is 2.62. The molecule has 25 heavy (non-hydrogen) atoms. The molecule has 0 aliphatic rings. The van der Waals surface area contributed by atoms with Crippen molar-refractivity contribution in [1.29, 1.82) is 0 Å². The number of hydrogen-bond donors (Lipinski definition) is 2. The number of benzene rings is 1. The van der Waals surface area contributed by atoms with E-state index in [-0.39, 0.29) is 11.7 Å². The third-order valence-corrected chi connectivity index (χ3v) is 5.53. The molecule has 1 aromatic carbocycles. The Morgan fingerprint density at radius 1 is 1.12 bits per heavy atom. The Morgan fingerprint density at radius 3 is 2.40 bits per heavy atom. The highest BCUT2D eigenvalue weighted by atomic mass is 32.2. The summed E-state index contributed by atoms with van der Waals surface area (Å²) in [5.74, 6) is -0.0931. The maximum absolute atomic E-state index is 11.8. The second kappa shape index (κ2) is 8.87. The second-order valence-corrected chi connectivity index (χ2v) is 8.38. The smallest absolute Gasteiger partial charge is 0.252 e. The second-order valence-electron chi connectivity index (χ2n) is 5.27. The van der Waals surface area contributed by atoms with E-state index in [1.807, 2.05) is 19.1 Å². The minimum Gasteiger partial charge on any atom is -0.352 e. The number of nitrogens with one attached hydrogen (secondary N) is 2. The monoisotopic (exact) mass is 379 g/mol. The number of aromatic nitrogens is 1. The van der Waals surface area contributed by atoms with Crippen LogP contribution in [0.2, 0.25) is 0 Å². The van der Waals surface area contributed by atoms with Crippen molar-refractivity contribution in [2.75, 3.05) is 17.0 Å². The van der Waals surface area contributed by atoms with Crippen molar-refractivity contribution in [2.24, 2.45) is 0 Å². The Morgan fingerprint density at radius 2 is 1.84 bits per heavy atom. The van der Waals surface area contributed by atoms with Gasteiger partial charge in [-0.1, -0.05) is 18.7 Å². The number of amides is 1. The van der Waals surface area contributed by atoms with Crippen LogP contribution >= 0.6 is 11.8 Å². The molecule has 0 saturated carbocycles. The first-order valence-corrected chi connectivity index (χ1v) is 10.4. The van der Waals surface area contributed by atoms with Crippen LogP contribution in [-0.2, 0) is 10.0 Å². The Balaban J connectivity index is 1.99. The van der Waals surface area contributed by atoms with E-state index in [0.29, 0.717) is 17.8 Å². The summed E-state index contributed by atoms with van der Waals surface area (Å²) in [6.07, 6.45) is 2.44. The van der Waals surface area contributed by atoms with Crippen LogP contribution in [0.3, 0.4) is 0 Å². The molecule has 0 bridgehead atoms. The number of nitrogens with zero attached hydrogens (tertiary/aromatic N) is 1. The van der Waals surface area contributed by atoms with Gasteiger partial charge in [0.2, 0.25) is 10.0 Å². The standard InChI is InChI=1S/C17H21N3O3S2/c1-3-11-18-17(21)13-5-10-16(19-12-13)24-15-8-6-14(7-9-15)20-25(22,23)4-2/h5-10,12,20H,3-4,11H2,1-2H3,(H,18,21). The minimum atomic E-state index is -3.27. The molecular weight excluding hydrogens is 358 g/mol. The number of carbonyl (C=O) groups excluding carboxylic acids is 1. The van der Waals surface area contributed by atoms with Gasteiger partial charge in [-0.2, -0.15) is 0 Å². The summed E-state index contributed by atoms with van der Waals surface area (Å²) in [6, 6.07) is 10.6. The van der Waals surface area contributed by atoms with E-state index in [4.69, 9.17) is 0 Å². The van der Waals surface area contributed by atoms with E-state index in [1.165, 1.54) is 11.8 Å². The highest BCUT2D eigenvalue weighted by Crippen LogP contribution is 2.27. The summed E-state index contributed by atoms with van der Waals surface area (Å²) in [7, 11) is -3.27. The highest BCUT2D eigenvalue weighted by Gasteiger charge is 2.08. The van der Waals surface area contributed by atoms with Crippen LogP contribution in [0.25, 0.3) is 0 Å². The van der Waals surface area contributed by atoms with Crippen LogP contribution in [0.15, 0.2) is 52.5 Å². The summed E-state index contributed by atoms with van der Waals surface area (Å²) >= 11 is 1.44. The molecule has 0 unspecified atom stereocenters. The molecule has 8 heteroatoms. The third-order valence-electron chi connectivity index (χ3n) is 3.26.